The molecule has 0 unspecified atom stereocenters. The van der Waals surface area contributed by atoms with E-state index in [1.165, 1.54) is 49.0 Å². The summed E-state index contributed by atoms with van der Waals surface area (Å²) < 4.78 is 6.45. The topological polar surface area (TPSA) is 79.7 Å². The minimum atomic E-state index is -0.652. The number of benzene rings is 1. The fourth-order valence-corrected chi connectivity index (χ4v) is 10.6. The third-order valence-corrected chi connectivity index (χ3v) is 13.6. The van der Waals surface area contributed by atoms with E-state index in [1.54, 1.807) is 0 Å². The molecule has 4 aliphatic rings. The van der Waals surface area contributed by atoms with Crippen LogP contribution in [0.1, 0.15) is 124 Å². The predicted molar refractivity (Wildman–Crippen MR) is 190 cm³/mol. The van der Waals surface area contributed by atoms with Gasteiger partial charge in [-0.15, -0.1) is 11.3 Å². The van der Waals surface area contributed by atoms with Crippen LogP contribution in [-0.4, -0.2) is 39.5 Å². The minimum absolute atomic E-state index is 0.153. The van der Waals surface area contributed by atoms with Crippen molar-refractivity contribution in [2.24, 2.45) is 23.2 Å². The smallest absolute Gasteiger partial charge is 0.338 e. The number of aliphatic hydroxyl groups is 2. The van der Waals surface area contributed by atoms with Crippen LogP contribution in [-0.2, 0) is 16.6 Å². The van der Waals surface area contributed by atoms with Crippen molar-refractivity contribution in [1.29, 1.82) is 0 Å². The van der Waals surface area contributed by atoms with Gasteiger partial charge in [0, 0.05) is 17.5 Å². The SMILES string of the molecule is C=C1/C(=C\C=C2/CCC[C@]3(C)[C@@H]([C@H](C)CC[C@H](OC(=O)c4ccccc4)C4(c5ncc(CCCC)s5)CC4)CC[C@@H]23)C[C@@H](O)C[C@@H]1O. The van der Waals surface area contributed by atoms with Gasteiger partial charge in [-0.25, -0.2) is 9.78 Å². The zero-order valence-electron chi connectivity index (χ0n) is 28.8. The molecule has 4 saturated carbocycles. The lowest BCUT2D eigenvalue weighted by Gasteiger charge is -2.44. The molecule has 4 fully saturated rings. The van der Waals surface area contributed by atoms with Crippen molar-refractivity contribution >= 4 is 17.3 Å². The van der Waals surface area contributed by atoms with Crippen LogP contribution in [0.2, 0.25) is 0 Å². The van der Waals surface area contributed by atoms with Crippen LogP contribution in [0.4, 0.5) is 0 Å². The molecule has 6 rings (SSSR count). The number of esters is 1. The monoisotopic (exact) mass is 657 g/mol. The van der Waals surface area contributed by atoms with Crippen LogP contribution < -0.4 is 0 Å². The van der Waals surface area contributed by atoms with Crippen LogP contribution in [0.5, 0.6) is 0 Å². The van der Waals surface area contributed by atoms with Gasteiger partial charge in [0.25, 0.3) is 0 Å². The average molecular weight is 658 g/mol. The van der Waals surface area contributed by atoms with Gasteiger partial charge >= 0.3 is 5.97 Å². The molecule has 0 amide bonds. The Kier molecular flexibility index (Phi) is 10.6. The minimum Gasteiger partial charge on any atom is -0.458 e. The number of allylic oxidation sites excluding steroid dienone is 3. The quantitative estimate of drug-likeness (QED) is 0.223. The Bertz CT molecular complexity index is 1470. The Morgan fingerprint density at radius 2 is 1.94 bits per heavy atom. The van der Waals surface area contributed by atoms with Gasteiger partial charge in [0.15, 0.2) is 0 Å². The van der Waals surface area contributed by atoms with E-state index in [-0.39, 0.29) is 22.9 Å². The lowest BCUT2D eigenvalue weighted by Crippen LogP contribution is -2.37. The first-order chi connectivity index (χ1) is 22.6. The van der Waals surface area contributed by atoms with E-state index in [0.717, 1.165) is 54.7 Å². The third kappa shape index (κ3) is 7.26. The number of thiazole rings is 1. The number of nitrogens with zero attached hydrogens (tertiary/aromatic N) is 1. The number of aromatic nitrogens is 1. The molecule has 0 radical (unpaired) electrons. The molecule has 7 atom stereocenters. The molecule has 2 aromatic rings. The molecule has 4 aliphatic carbocycles. The van der Waals surface area contributed by atoms with Crippen molar-refractivity contribution in [3.63, 3.8) is 0 Å². The second kappa shape index (κ2) is 14.5. The molecular formula is C41H55NO4S. The molecule has 1 aromatic heterocycles. The molecule has 6 heteroatoms. The van der Waals surface area contributed by atoms with Crippen LogP contribution in [0.25, 0.3) is 0 Å². The maximum Gasteiger partial charge on any atom is 0.338 e. The summed E-state index contributed by atoms with van der Waals surface area (Å²) in [6, 6.07) is 9.45. The van der Waals surface area contributed by atoms with Gasteiger partial charge in [-0.05, 0) is 123 Å². The van der Waals surface area contributed by atoms with Crippen LogP contribution in [0.15, 0.2) is 72.0 Å². The van der Waals surface area contributed by atoms with Crippen molar-refractivity contribution in [3.05, 3.63) is 87.4 Å². The van der Waals surface area contributed by atoms with Gasteiger partial charge in [-0.2, -0.15) is 0 Å². The first kappa shape index (κ1) is 34.3. The fraction of sp³-hybridized carbons (Fsp3) is 0.610. The number of hydrogen-bond donors (Lipinski definition) is 2. The number of rotatable bonds is 12. The van der Waals surface area contributed by atoms with Crippen molar-refractivity contribution in [2.45, 2.75) is 134 Å². The number of carbonyl (C=O) groups is 1. The van der Waals surface area contributed by atoms with E-state index in [4.69, 9.17) is 9.72 Å². The van der Waals surface area contributed by atoms with E-state index in [2.05, 4.69) is 45.7 Å². The lowest BCUT2D eigenvalue weighted by atomic mass is 9.60. The van der Waals surface area contributed by atoms with Gasteiger partial charge in [-0.1, -0.05) is 69.7 Å². The standard InChI is InChI=1S/C41H55NO4S/c1-5-6-14-33-26-42-39(47-33)41(22-23-41)37(46-38(45)30-11-8-7-9-12-30)20-15-27(2)34-18-19-35-29(13-10-21-40(34,35)4)16-17-31-24-32(43)25-36(44)28(31)3/h7-9,11-12,16-17,26-27,32,34-37,43-44H,3,5-6,10,13-15,18-25H2,1-2,4H3/b29-16+,31-17-/t27-,32-,34-,35+,36+,37+,40-/m1/s1. The van der Waals surface area contributed by atoms with Crippen LogP contribution >= 0.6 is 11.3 Å². The van der Waals surface area contributed by atoms with Gasteiger partial charge in [0.1, 0.15) is 11.1 Å². The summed E-state index contributed by atoms with van der Waals surface area (Å²) in [6.45, 7) is 11.3. The number of fused-ring (bicyclic) bond motifs is 1. The molecule has 47 heavy (non-hydrogen) atoms. The molecule has 1 heterocycles. The molecule has 0 saturated heterocycles. The first-order valence-corrected chi connectivity index (χ1v) is 19.1. The third-order valence-electron chi connectivity index (χ3n) is 12.3. The summed E-state index contributed by atoms with van der Waals surface area (Å²) in [4.78, 5) is 19.7. The lowest BCUT2D eigenvalue weighted by molar-refractivity contribution is 0.0127. The summed E-state index contributed by atoms with van der Waals surface area (Å²) in [6.07, 6.45) is 19.5. The molecule has 0 aliphatic heterocycles. The molecule has 2 N–H and O–H groups in total. The summed E-state index contributed by atoms with van der Waals surface area (Å²) in [5, 5.41) is 21.7. The summed E-state index contributed by atoms with van der Waals surface area (Å²) in [5.74, 6) is 1.49. The highest BCUT2D eigenvalue weighted by Gasteiger charge is 2.56. The number of aryl methyl sites for hydroxylation is 1. The number of unbranched alkanes of at least 4 members (excludes halogenated alkanes) is 1. The number of hydrogen-bond acceptors (Lipinski definition) is 6. The van der Waals surface area contributed by atoms with E-state index in [1.807, 2.05) is 41.7 Å². The number of ether oxygens (including phenoxy) is 1. The van der Waals surface area contributed by atoms with Crippen molar-refractivity contribution in [3.8, 4) is 0 Å². The molecule has 1 aromatic carbocycles. The number of carbonyl (C=O) groups excluding carboxylic acids is 1. The Morgan fingerprint density at radius 1 is 1.15 bits per heavy atom. The Balaban J connectivity index is 1.17. The van der Waals surface area contributed by atoms with Crippen molar-refractivity contribution in [2.75, 3.05) is 0 Å². The first-order valence-electron chi connectivity index (χ1n) is 18.3. The average Bonchev–Trinajstić information content (AvgIpc) is 3.58. The van der Waals surface area contributed by atoms with Gasteiger partial charge in [0.05, 0.1) is 23.2 Å². The fourth-order valence-electron chi connectivity index (χ4n) is 9.33. The van der Waals surface area contributed by atoms with Crippen LogP contribution in [0, 0.1) is 23.2 Å². The van der Waals surface area contributed by atoms with E-state index >= 15 is 0 Å². The van der Waals surface area contributed by atoms with E-state index < -0.39 is 12.2 Å². The molecule has 0 bridgehead atoms. The van der Waals surface area contributed by atoms with Gasteiger partial charge in [-0.3, -0.25) is 0 Å². The van der Waals surface area contributed by atoms with Crippen molar-refractivity contribution < 1.29 is 19.7 Å². The van der Waals surface area contributed by atoms with E-state index in [0.29, 0.717) is 36.2 Å². The highest BCUT2D eigenvalue weighted by Crippen LogP contribution is 2.60. The largest absolute Gasteiger partial charge is 0.458 e. The normalized spacial score (nSPS) is 31.5. The molecule has 5 nitrogen and oxygen atoms in total. The van der Waals surface area contributed by atoms with Crippen LogP contribution in [0.3, 0.4) is 0 Å². The zero-order valence-corrected chi connectivity index (χ0v) is 29.6. The highest BCUT2D eigenvalue weighted by atomic mass is 32.1. The molecular weight excluding hydrogens is 603 g/mol. The number of aliphatic hydroxyl groups excluding tert-OH is 2. The molecule has 254 valence electrons. The maximum atomic E-state index is 13.4. The predicted octanol–water partition coefficient (Wildman–Crippen LogP) is 9.30. The summed E-state index contributed by atoms with van der Waals surface area (Å²) in [5.41, 5.74) is 3.99. The highest BCUT2D eigenvalue weighted by molar-refractivity contribution is 7.11. The summed E-state index contributed by atoms with van der Waals surface area (Å²) >= 11 is 1.84. The zero-order chi connectivity index (χ0) is 33.2. The maximum absolute atomic E-state index is 13.4. The van der Waals surface area contributed by atoms with Gasteiger partial charge < -0.3 is 14.9 Å². The second-order valence-electron chi connectivity index (χ2n) is 15.4. The summed E-state index contributed by atoms with van der Waals surface area (Å²) in [7, 11) is 0. The second-order valence-corrected chi connectivity index (χ2v) is 16.5. The molecule has 0 spiro atoms. The van der Waals surface area contributed by atoms with Crippen molar-refractivity contribution in [1.82, 2.24) is 4.98 Å². The van der Waals surface area contributed by atoms with Gasteiger partial charge in [0.2, 0.25) is 0 Å². The Hall–Kier alpha value is -2.54. The Labute approximate surface area is 286 Å². The van der Waals surface area contributed by atoms with E-state index in [9.17, 15) is 15.0 Å². The Morgan fingerprint density at radius 3 is 2.68 bits per heavy atom.